The van der Waals surface area contributed by atoms with E-state index in [0.29, 0.717) is 48.5 Å². The normalized spacial score (nSPS) is 15.5. The Morgan fingerprint density at radius 1 is 1.23 bits per heavy atom. The van der Waals surface area contributed by atoms with Gasteiger partial charge in [-0.25, -0.2) is 9.97 Å². The van der Waals surface area contributed by atoms with Crippen LogP contribution in [0.4, 0.5) is 30.4 Å². The van der Waals surface area contributed by atoms with Crippen LogP contribution in [0.15, 0.2) is 48.8 Å². The number of hydrogen-bond donors (Lipinski definition) is 2. The molecule has 1 aliphatic heterocycles. The molecule has 2 N–H and O–H groups in total. The van der Waals surface area contributed by atoms with Gasteiger partial charge in [-0.15, -0.1) is 6.42 Å². The first kappa shape index (κ1) is 28.9. The van der Waals surface area contributed by atoms with Crippen LogP contribution in [0.5, 0.6) is 5.75 Å². The molecule has 1 amide bonds. The Morgan fingerprint density at radius 2 is 2.02 bits per heavy atom. The van der Waals surface area contributed by atoms with E-state index in [1.165, 1.54) is 24.5 Å². The molecule has 0 spiro atoms. The highest BCUT2D eigenvalue weighted by Gasteiger charge is 2.34. The van der Waals surface area contributed by atoms with Crippen LogP contribution in [0.1, 0.15) is 31.4 Å². The minimum atomic E-state index is -4.63. The second-order valence-corrected chi connectivity index (χ2v) is 9.10. The number of terminal acetylenes is 1. The Morgan fingerprint density at radius 3 is 2.70 bits per heavy atom. The maximum Gasteiger partial charge on any atom is 0.418 e. The van der Waals surface area contributed by atoms with Gasteiger partial charge in [0.15, 0.2) is 0 Å². The minimum Gasteiger partial charge on any atom is -0.486 e. The lowest BCUT2D eigenvalue weighted by Gasteiger charge is -2.19. The summed E-state index contributed by atoms with van der Waals surface area (Å²) < 4.78 is 52.8. The van der Waals surface area contributed by atoms with Gasteiger partial charge in [-0.1, -0.05) is 25.8 Å². The first-order chi connectivity index (χ1) is 19.2. The third-order valence-corrected chi connectivity index (χ3v) is 6.45. The molecule has 2 aromatic carbocycles. The number of ether oxygens (including phenoxy) is 2. The van der Waals surface area contributed by atoms with Gasteiger partial charge in [0.2, 0.25) is 5.91 Å². The SMILES string of the molecule is C#Cc1ccc(C(F)(F)F)c(Nc2ncnc3cc(OC4CCOC4)c(NC(=O)/C=C/CN(CC)CC)cc23)c1. The highest BCUT2D eigenvalue weighted by Crippen LogP contribution is 2.39. The fraction of sp³-hybridized carbons (Fsp3) is 0.345. The van der Waals surface area contributed by atoms with Crippen molar-refractivity contribution in [2.24, 2.45) is 0 Å². The van der Waals surface area contributed by atoms with Gasteiger partial charge in [0, 0.05) is 36.1 Å². The van der Waals surface area contributed by atoms with E-state index in [1.54, 1.807) is 18.2 Å². The number of hydrogen-bond acceptors (Lipinski definition) is 7. The van der Waals surface area contributed by atoms with Crippen LogP contribution in [0, 0.1) is 12.3 Å². The largest absolute Gasteiger partial charge is 0.486 e. The molecular formula is C29H30F3N5O3. The Hall–Kier alpha value is -4.14. The Bertz CT molecular complexity index is 1420. The van der Waals surface area contributed by atoms with Gasteiger partial charge in [0.05, 0.1) is 35.7 Å². The minimum absolute atomic E-state index is 0.105. The molecule has 1 fully saturated rings. The van der Waals surface area contributed by atoms with E-state index < -0.39 is 11.7 Å². The number of amides is 1. The van der Waals surface area contributed by atoms with E-state index >= 15 is 0 Å². The number of likely N-dealkylation sites (N-methyl/N-ethyl adjacent to an activating group) is 1. The van der Waals surface area contributed by atoms with Crippen LogP contribution in [0.25, 0.3) is 10.9 Å². The van der Waals surface area contributed by atoms with E-state index in [1.807, 2.05) is 13.8 Å². The van der Waals surface area contributed by atoms with Gasteiger partial charge in [-0.3, -0.25) is 4.79 Å². The van der Waals surface area contributed by atoms with Gasteiger partial charge >= 0.3 is 6.18 Å². The number of nitrogens with zero attached hydrogens (tertiary/aromatic N) is 3. The molecule has 0 saturated carbocycles. The average molecular weight is 554 g/mol. The summed E-state index contributed by atoms with van der Waals surface area (Å²) >= 11 is 0. The molecule has 4 rings (SSSR count). The van der Waals surface area contributed by atoms with Crippen LogP contribution in [0.2, 0.25) is 0 Å². The topological polar surface area (TPSA) is 88.6 Å². The zero-order chi connectivity index (χ0) is 28.7. The number of alkyl halides is 3. The molecule has 1 unspecified atom stereocenters. The van der Waals surface area contributed by atoms with Crippen molar-refractivity contribution in [3.63, 3.8) is 0 Å². The van der Waals surface area contributed by atoms with Crippen LogP contribution in [-0.4, -0.2) is 59.7 Å². The Labute approximate surface area is 230 Å². The summed E-state index contributed by atoms with van der Waals surface area (Å²) in [4.78, 5) is 23.4. The van der Waals surface area contributed by atoms with Crippen molar-refractivity contribution >= 4 is 34.0 Å². The number of rotatable bonds is 10. The van der Waals surface area contributed by atoms with Gasteiger partial charge < -0.3 is 25.0 Å². The summed E-state index contributed by atoms with van der Waals surface area (Å²) in [6, 6.07) is 6.59. The molecule has 210 valence electrons. The van der Waals surface area contributed by atoms with Crippen LogP contribution < -0.4 is 15.4 Å². The van der Waals surface area contributed by atoms with Crippen molar-refractivity contribution in [1.82, 2.24) is 14.9 Å². The highest BCUT2D eigenvalue weighted by atomic mass is 19.4. The monoisotopic (exact) mass is 553 g/mol. The van der Waals surface area contributed by atoms with Crippen molar-refractivity contribution in [2.75, 3.05) is 43.5 Å². The molecule has 40 heavy (non-hydrogen) atoms. The van der Waals surface area contributed by atoms with E-state index in [9.17, 15) is 18.0 Å². The molecule has 8 nitrogen and oxygen atoms in total. The third kappa shape index (κ3) is 7.08. The first-order valence-electron chi connectivity index (χ1n) is 12.9. The summed E-state index contributed by atoms with van der Waals surface area (Å²) in [5, 5.41) is 5.98. The molecule has 2 heterocycles. The van der Waals surface area contributed by atoms with Crippen LogP contribution in [0.3, 0.4) is 0 Å². The molecular weight excluding hydrogens is 523 g/mol. The summed E-state index contributed by atoms with van der Waals surface area (Å²) in [6.45, 7) is 7.35. The molecule has 11 heteroatoms. The fourth-order valence-electron chi connectivity index (χ4n) is 4.24. The van der Waals surface area contributed by atoms with Crippen molar-refractivity contribution in [3.05, 3.63) is 59.9 Å². The number of aromatic nitrogens is 2. The number of benzene rings is 2. The van der Waals surface area contributed by atoms with E-state index in [-0.39, 0.29) is 29.1 Å². The second-order valence-electron chi connectivity index (χ2n) is 9.10. The summed E-state index contributed by atoms with van der Waals surface area (Å²) in [6.07, 6.45) is 5.70. The smallest absolute Gasteiger partial charge is 0.418 e. The zero-order valence-corrected chi connectivity index (χ0v) is 22.2. The fourth-order valence-corrected chi connectivity index (χ4v) is 4.24. The first-order valence-corrected chi connectivity index (χ1v) is 12.9. The van der Waals surface area contributed by atoms with Crippen molar-refractivity contribution < 1.29 is 27.4 Å². The highest BCUT2D eigenvalue weighted by molar-refractivity contribution is 6.03. The summed E-state index contributed by atoms with van der Waals surface area (Å²) in [5.74, 6) is 2.43. The van der Waals surface area contributed by atoms with Crippen molar-refractivity contribution in [2.45, 2.75) is 32.5 Å². The van der Waals surface area contributed by atoms with Gasteiger partial charge in [0.25, 0.3) is 0 Å². The quantitative estimate of drug-likeness (QED) is 0.258. The van der Waals surface area contributed by atoms with E-state index in [0.717, 1.165) is 19.2 Å². The van der Waals surface area contributed by atoms with Crippen LogP contribution >= 0.6 is 0 Å². The van der Waals surface area contributed by atoms with Crippen molar-refractivity contribution in [3.8, 4) is 18.1 Å². The zero-order valence-electron chi connectivity index (χ0n) is 22.2. The maximum atomic E-state index is 13.7. The molecule has 0 radical (unpaired) electrons. The molecule has 3 aromatic rings. The lowest BCUT2D eigenvalue weighted by molar-refractivity contribution is -0.136. The molecule has 1 saturated heterocycles. The predicted octanol–water partition coefficient (Wildman–Crippen LogP) is 5.38. The number of nitrogens with one attached hydrogen (secondary N) is 2. The standard InChI is InChI=1S/C29H30F3N5O3/c1-4-19-9-10-22(29(30,31)32)24(14-19)36-28-21-15-25(35-27(38)8-7-12-37(5-2)6-3)26(16-23(21)33-18-34-28)40-20-11-13-39-17-20/h1,7-10,14-16,18,20H,5-6,11-13,17H2,2-3H3,(H,35,38)(H,33,34,36)/b8-7+. The number of carbonyl (C=O) groups excluding carboxylic acids is 1. The van der Waals surface area contributed by atoms with Gasteiger partial charge in [-0.2, -0.15) is 13.2 Å². The lowest BCUT2D eigenvalue weighted by atomic mass is 10.1. The average Bonchev–Trinajstić information content (AvgIpc) is 3.44. The van der Waals surface area contributed by atoms with Crippen LogP contribution in [-0.2, 0) is 15.7 Å². The molecule has 1 atom stereocenters. The number of fused-ring (bicyclic) bond motifs is 1. The van der Waals surface area contributed by atoms with Gasteiger partial charge in [0.1, 0.15) is 24.0 Å². The molecule has 0 aliphatic carbocycles. The Balaban J connectivity index is 1.71. The summed E-state index contributed by atoms with van der Waals surface area (Å²) in [7, 11) is 0. The molecule has 1 aliphatic rings. The van der Waals surface area contributed by atoms with Crippen molar-refractivity contribution in [1.29, 1.82) is 0 Å². The molecule has 1 aromatic heterocycles. The number of halogens is 3. The lowest BCUT2D eigenvalue weighted by Crippen LogP contribution is -2.23. The predicted molar refractivity (Wildman–Crippen MR) is 148 cm³/mol. The third-order valence-electron chi connectivity index (χ3n) is 6.45. The maximum absolute atomic E-state index is 13.7. The number of carbonyl (C=O) groups is 1. The Kier molecular flexibility index (Phi) is 9.24. The van der Waals surface area contributed by atoms with Gasteiger partial charge in [-0.05, 0) is 37.4 Å². The van der Waals surface area contributed by atoms with E-state index in [2.05, 4.69) is 31.4 Å². The van der Waals surface area contributed by atoms with E-state index in [4.69, 9.17) is 15.9 Å². The molecule has 0 bridgehead atoms. The number of anilines is 3. The second kappa shape index (κ2) is 12.8. The summed E-state index contributed by atoms with van der Waals surface area (Å²) in [5.41, 5.74) is -0.151.